The summed E-state index contributed by atoms with van der Waals surface area (Å²) in [6.07, 6.45) is 0. The Morgan fingerprint density at radius 1 is 1.04 bits per heavy atom. The molecule has 25 heavy (non-hydrogen) atoms. The average molecular weight is 481 g/mol. The number of ether oxygens (including phenoxy) is 2. The van der Waals surface area contributed by atoms with Gasteiger partial charge in [0.25, 0.3) is 0 Å². The van der Waals surface area contributed by atoms with Crippen molar-refractivity contribution in [2.45, 2.75) is 6.04 Å². The molecule has 1 aromatic carbocycles. The van der Waals surface area contributed by atoms with E-state index in [0.717, 1.165) is 44.4 Å². The summed E-state index contributed by atoms with van der Waals surface area (Å²) in [6.45, 7) is 6.97. The molecule has 6 nitrogen and oxygen atoms in total. The van der Waals surface area contributed by atoms with Gasteiger partial charge in [-0.2, -0.15) is 0 Å². The second kappa shape index (κ2) is 10.5. The van der Waals surface area contributed by atoms with Crippen molar-refractivity contribution in [2.24, 2.45) is 10.7 Å². The molecule has 0 spiro atoms. The third kappa shape index (κ3) is 5.96. The van der Waals surface area contributed by atoms with Crippen molar-refractivity contribution in [3.63, 3.8) is 0 Å². The van der Waals surface area contributed by atoms with Gasteiger partial charge in [0.05, 0.1) is 39.0 Å². The van der Waals surface area contributed by atoms with Gasteiger partial charge in [0.15, 0.2) is 5.96 Å². The first-order valence-corrected chi connectivity index (χ1v) is 8.82. The highest BCUT2D eigenvalue weighted by Gasteiger charge is 2.23. The molecule has 2 fully saturated rings. The van der Waals surface area contributed by atoms with Gasteiger partial charge in [-0.05, 0) is 17.7 Å². The smallest absolute Gasteiger partial charge is 0.191 e. The summed E-state index contributed by atoms with van der Waals surface area (Å²) >= 11 is 6.03. The zero-order chi connectivity index (χ0) is 16.8. The van der Waals surface area contributed by atoms with Crippen LogP contribution in [-0.4, -0.2) is 74.9 Å². The zero-order valence-corrected chi connectivity index (χ0v) is 17.4. The number of nitrogens with two attached hydrogens (primary N) is 1. The van der Waals surface area contributed by atoms with Crippen molar-refractivity contribution in [3.05, 3.63) is 34.9 Å². The molecule has 1 unspecified atom stereocenters. The number of nitrogens with zero attached hydrogens (tertiary/aromatic N) is 3. The van der Waals surface area contributed by atoms with Gasteiger partial charge in [-0.3, -0.25) is 9.89 Å². The van der Waals surface area contributed by atoms with Gasteiger partial charge < -0.3 is 20.1 Å². The van der Waals surface area contributed by atoms with Crippen LogP contribution in [-0.2, 0) is 9.47 Å². The number of guanidine groups is 1. The second-order valence-electron chi connectivity index (χ2n) is 6.01. The van der Waals surface area contributed by atoms with E-state index in [2.05, 4.69) is 26.9 Å². The quantitative estimate of drug-likeness (QED) is 0.406. The molecule has 0 bridgehead atoms. The Morgan fingerprint density at radius 2 is 1.60 bits per heavy atom. The predicted molar refractivity (Wildman–Crippen MR) is 111 cm³/mol. The van der Waals surface area contributed by atoms with E-state index >= 15 is 0 Å². The van der Waals surface area contributed by atoms with Crippen LogP contribution < -0.4 is 5.73 Å². The molecule has 2 aliphatic rings. The zero-order valence-electron chi connectivity index (χ0n) is 14.3. The highest BCUT2D eigenvalue weighted by Crippen LogP contribution is 2.24. The first kappa shape index (κ1) is 20.7. The first-order chi connectivity index (χ1) is 11.7. The summed E-state index contributed by atoms with van der Waals surface area (Å²) in [5.74, 6) is 0.602. The SMILES string of the molecule is I.NC(=NCC(c1ccc(Cl)cc1)N1CCOCC1)N1CCOCC1. The molecule has 0 aliphatic carbocycles. The lowest BCUT2D eigenvalue weighted by Crippen LogP contribution is -2.45. The number of hydrogen-bond donors (Lipinski definition) is 1. The van der Waals surface area contributed by atoms with E-state index in [9.17, 15) is 0 Å². The van der Waals surface area contributed by atoms with Gasteiger partial charge in [-0.1, -0.05) is 23.7 Å². The monoisotopic (exact) mass is 480 g/mol. The Kier molecular flexibility index (Phi) is 8.71. The molecule has 0 radical (unpaired) electrons. The topological polar surface area (TPSA) is 63.3 Å². The summed E-state index contributed by atoms with van der Waals surface area (Å²) in [7, 11) is 0. The van der Waals surface area contributed by atoms with Crippen molar-refractivity contribution < 1.29 is 9.47 Å². The van der Waals surface area contributed by atoms with Gasteiger partial charge in [0, 0.05) is 31.2 Å². The highest BCUT2D eigenvalue weighted by molar-refractivity contribution is 14.0. The van der Waals surface area contributed by atoms with Crippen molar-refractivity contribution in [1.82, 2.24) is 9.80 Å². The molecular formula is C17H26ClIN4O2. The fourth-order valence-corrected chi connectivity index (χ4v) is 3.20. The van der Waals surface area contributed by atoms with Gasteiger partial charge in [0.1, 0.15) is 0 Å². The fourth-order valence-electron chi connectivity index (χ4n) is 3.08. The molecule has 0 aromatic heterocycles. The van der Waals surface area contributed by atoms with E-state index in [1.54, 1.807) is 0 Å². The van der Waals surface area contributed by atoms with E-state index in [0.29, 0.717) is 25.7 Å². The maximum atomic E-state index is 6.18. The van der Waals surface area contributed by atoms with Gasteiger partial charge in [0.2, 0.25) is 0 Å². The number of morpholine rings is 2. The van der Waals surface area contributed by atoms with Crippen molar-refractivity contribution in [3.8, 4) is 0 Å². The van der Waals surface area contributed by atoms with E-state index in [-0.39, 0.29) is 30.0 Å². The number of halogens is 2. The lowest BCUT2D eigenvalue weighted by atomic mass is 10.0. The fraction of sp³-hybridized carbons (Fsp3) is 0.588. The third-order valence-corrected chi connectivity index (χ3v) is 4.75. The van der Waals surface area contributed by atoms with Crippen LogP contribution in [0.3, 0.4) is 0 Å². The van der Waals surface area contributed by atoms with Crippen LogP contribution in [0.2, 0.25) is 5.02 Å². The summed E-state index contributed by atoms with van der Waals surface area (Å²) in [5.41, 5.74) is 7.39. The van der Waals surface area contributed by atoms with E-state index in [1.807, 2.05) is 12.1 Å². The molecule has 2 heterocycles. The van der Waals surface area contributed by atoms with Crippen LogP contribution >= 0.6 is 35.6 Å². The Labute approximate surface area is 171 Å². The molecule has 2 N–H and O–H groups in total. The molecule has 3 rings (SSSR count). The Balaban J connectivity index is 0.00000225. The summed E-state index contributed by atoms with van der Waals surface area (Å²) in [6, 6.07) is 8.19. The average Bonchev–Trinajstić information content (AvgIpc) is 2.65. The van der Waals surface area contributed by atoms with Gasteiger partial charge in [-0.15, -0.1) is 24.0 Å². The number of aliphatic imine (C=N–C) groups is 1. The van der Waals surface area contributed by atoms with Crippen molar-refractivity contribution in [2.75, 3.05) is 59.2 Å². The largest absolute Gasteiger partial charge is 0.379 e. The molecule has 0 saturated carbocycles. The second-order valence-corrected chi connectivity index (χ2v) is 6.45. The standard InChI is InChI=1S/C17H25ClN4O2.HI/c18-15-3-1-14(2-4-15)16(21-5-9-23-10-6-21)13-20-17(19)22-7-11-24-12-8-22;/h1-4,16H,5-13H2,(H2,19,20);1H. The summed E-state index contributed by atoms with van der Waals surface area (Å²) in [5, 5.41) is 0.746. The Morgan fingerprint density at radius 3 is 2.20 bits per heavy atom. The van der Waals surface area contributed by atoms with Gasteiger partial charge in [-0.25, -0.2) is 0 Å². The van der Waals surface area contributed by atoms with E-state index < -0.39 is 0 Å². The third-order valence-electron chi connectivity index (χ3n) is 4.50. The lowest BCUT2D eigenvalue weighted by molar-refractivity contribution is 0.0178. The molecule has 8 heteroatoms. The Hall–Kier alpha value is -0.610. The summed E-state index contributed by atoms with van der Waals surface area (Å²) in [4.78, 5) is 9.16. The van der Waals surface area contributed by atoms with Crippen LogP contribution in [0.4, 0.5) is 0 Å². The minimum absolute atomic E-state index is 0. The highest BCUT2D eigenvalue weighted by atomic mass is 127. The predicted octanol–water partition coefficient (Wildman–Crippen LogP) is 1.98. The number of hydrogen-bond acceptors (Lipinski definition) is 4. The van der Waals surface area contributed by atoms with Crippen LogP contribution in [0.25, 0.3) is 0 Å². The molecule has 2 aliphatic heterocycles. The van der Waals surface area contributed by atoms with E-state index in [4.69, 9.17) is 26.8 Å². The molecular weight excluding hydrogens is 455 g/mol. The molecule has 2 saturated heterocycles. The molecule has 140 valence electrons. The number of rotatable bonds is 4. The van der Waals surface area contributed by atoms with E-state index in [1.165, 1.54) is 5.56 Å². The minimum Gasteiger partial charge on any atom is -0.379 e. The molecule has 1 aromatic rings. The maximum Gasteiger partial charge on any atom is 0.191 e. The lowest BCUT2D eigenvalue weighted by Gasteiger charge is -2.34. The van der Waals surface area contributed by atoms with Crippen LogP contribution in [0, 0.1) is 0 Å². The minimum atomic E-state index is 0. The summed E-state index contributed by atoms with van der Waals surface area (Å²) < 4.78 is 10.8. The molecule has 1 atom stereocenters. The van der Waals surface area contributed by atoms with Crippen molar-refractivity contribution in [1.29, 1.82) is 0 Å². The normalized spacial score (nSPS) is 20.8. The van der Waals surface area contributed by atoms with Gasteiger partial charge >= 0.3 is 0 Å². The van der Waals surface area contributed by atoms with Crippen LogP contribution in [0.1, 0.15) is 11.6 Å². The van der Waals surface area contributed by atoms with Crippen LogP contribution in [0.5, 0.6) is 0 Å². The van der Waals surface area contributed by atoms with Crippen molar-refractivity contribution >= 4 is 41.5 Å². The number of benzene rings is 1. The molecule has 0 amide bonds. The Bertz CT molecular complexity index is 546. The maximum absolute atomic E-state index is 6.18. The van der Waals surface area contributed by atoms with Crippen LogP contribution in [0.15, 0.2) is 29.3 Å². The first-order valence-electron chi connectivity index (χ1n) is 8.44.